The second kappa shape index (κ2) is 7.23. The number of benzene rings is 1. The lowest BCUT2D eigenvalue weighted by Gasteiger charge is -2.25. The summed E-state index contributed by atoms with van der Waals surface area (Å²) in [6.07, 6.45) is 2.42. The van der Waals surface area contributed by atoms with Crippen LogP contribution in [-0.4, -0.2) is 22.5 Å². The van der Waals surface area contributed by atoms with Crippen LogP contribution in [0.2, 0.25) is 19.6 Å². The molecule has 0 radical (unpaired) electrons. The molecule has 6 heteroatoms. The Morgan fingerprint density at radius 3 is 2.15 bits per heavy atom. The number of rotatable bonds is 7. The van der Waals surface area contributed by atoms with Crippen molar-refractivity contribution in [3.8, 4) is 0 Å². The monoisotopic (exact) mass is 314 g/mol. The lowest BCUT2D eigenvalue weighted by atomic mass is 10.2. The highest BCUT2D eigenvalue weighted by atomic mass is 31.2. The average Bonchev–Trinajstić information content (AvgIpc) is 2.42. The van der Waals surface area contributed by atoms with Crippen molar-refractivity contribution in [3.05, 3.63) is 47.5 Å². The smallest absolute Gasteiger partial charge is 0.393 e. The molecule has 0 aliphatic rings. The van der Waals surface area contributed by atoms with Crippen molar-refractivity contribution < 1.29 is 18.0 Å². The first-order valence-corrected chi connectivity index (χ1v) is 11.4. The standard InChI is InChI=1S/C14H23O4PSi/c1-16-19(15,17-2)14(18-20(3,4)5)12-11-13-9-7-6-8-10-13/h6-10,12H,11H2,1-5H3/b14-12-. The molecule has 0 fully saturated rings. The SMILES string of the molecule is COP(=O)(OC)/C(=C\Cc1ccccc1)O[Si](C)(C)C. The zero-order chi connectivity index (χ0) is 15.2. The van der Waals surface area contributed by atoms with Gasteiger partial charge in [-0.2, -0.15) is 0 Å². The van der Waals surface area contributed by atoms with Crippen LogP contribution in [0.25, 0.3) is 0 Å². The van der Waals surface area contributed by atoms with Gasteiger partial charge in [-0.1, -0.05) is 30.3 Å². The predicted molar refractivity (Wildman–Crippen MR) is 84.3 cm³/mol. The van der Waals surface area contributed by atoms with Crippen LogP contribution in [0.3, 0.4) is 0 Å². The summed E-state index contributed by atoms with van der Waals surface area (Å²) in [5.41, 5.74) is 1.42. The van der Waals surface area contributed by atoms with Crippen LogP contribution in [0.1, 0.15) is 5.56 Å². The van der Waals surface area contributed by atoms with Crippen molar-refractivity contribution in [2.24, 2.45) is 0 Å². The number of allylic oxidation sites excluding steroid dienone is 1. The number of hydrogen-bond donors (Lipinski definition) is 0. The van der Waals surface area contributed by atoms with Gasteiger partial charge in [-0.05, 0) is 37.7 Å². The third kappa shape index (κ3) is 5.25. The summed E-state index contributed by atoms with van der Waals surface area (Å²) in [7, 11) is -2.51. The summed E-state index contributed by atoms with van der Waals surface area (Å²) in [5, 5.41) is 0. The molecule has 1 aromatic rings. The van der Waals surface area contributed by atoms with Crippen LogP contribution in [0.4, 0.5) is 0 Å². The maximum absolute atomic E-state index is 12.5. The molecule has 0 aromatic heterocycles. The van der Waals surface area contributed by atoms with E-state index in [1.807, 2.05) is 50.0 Å². The molecule has 0 aliphatic heterocycles. The third-order valence-electron chi connectivity index (χ3n) is 2.52. The maximum Gasteiger partial charge on any atom is 0.393 e. The first kappa shape index (κ1) is 17.2. The second-order valence-electron chi connectivity index (χ2n) is 5.31. The second-order valence-corrected chi connectivity index (χ2v) is 11.9. The molecule has 0 aliphatic carbocycles. The van der Waals surface area contributed by atoms with E-state index in [-0.39, 0.29) is 0 Å². The summed E-state index contributed by atoms with van der Waals surface area (Å²) >= 11 is 0. The van der Waals surface area contributed by atoms with Gasteiger partial charge in [0.2, 0.25) is 8.32 Å². The molecule has 112 valence electrons. The van der Waals surface area contributed by atoms with E-state index in [1.54, 1.807) is 6.08 Å². The Kier molecular flexibility index (Phi) is 6.21. The molecule has 0 saturated heterocycles. The van der Waals surface area contributed by atoms with E-state index in [2.05, 4.69) is 0 Å². The summed E-state index contributed by atoms with van der Waals surface area (Å²) in [5.74, 6) is 0. The minimum absolute atomic E-state index is 0.311. The van der Waals surface area contributed by atoms with Crippen LogP contribution in [-0.2, 0) is 24.5 Å². The van der Waals surface area contributed by atoms with Crippen molar-refractivity contribution in [2.45, 2.75) is 26.1 Å². The molecule has 20 heavy (non-hydrogen) atoms. The van der Waals surface area contributed by atoms with E-state index in [0.29, 0.717) is 11.9 Å². The predicted octanol–water partition coefficient (Wildman–Crippen LogP) is 4.41. The fourth-order valence-electron chi connectivity index (χ4n) is 1.60. The normalized spacial score (nSPS) is 13.3. The Morgan fingerprint density at radius 2 is 1.70 bits per heavy atom. The van der Waals surface area contributed by atoms with E-state index in [4.69, 9.17) is 13.5 Å². The molecule has 0 bridgehead atoms. The largest absolute Gasteiger partial charge is 0.539 e. The van der Waals surface area contributed by atoms with Crippen LogP contribution >= 0.6 is 7.60 Å². The maximum atomic E-state index is 12.5. The van der Waals surface area contributed by atoms with E-state index >= 15 is 0 Å². The topological polar surface area (TPSA) is 44.8 Å². The summed E-state index contributed by atoms with van der Waals surface area (Å²) in [6, 6.07) is 9.91. The molecule has 1 rings (SSSR count). The van der Waals surface area contributed by atoms with Crippen molar-refractivity contribution >= 4 is 15.9 Å². The van der Waals surface area contributed by atoms with Gasteiger partial charge in [-0.15, -0.1) is 0 Å². The highest BCUT2D eigenvalue weighted by Crippen LogP contribution is 2.55. The Bertz CT molecular complexity index is 486. The van der Waals surface area contributed by atoms with Gasteiger partial charge in [0.25, 0.3) is 0 Å². The molecular formula is C14H23O4PSi. The third-order valence-corrected chi connectivity index (χ3v) is 5.30. The van der Waals surface area contributed by atoms with Crippen LogP contribution in [0.15, 0.2) is 41.9 Å². The Morgan fingerprint density at radius 1 is 1.15 bits per heavy atom. The average molecular weight is 314 g/mol. The molecule has 4 nitrogen and oxygen atoms in total. The van der Waals surface area contributed by atoms with Crippen molar-refractivity contribution in [1.82, 2.24) is 0 Å². The first-order chi connectivity index (χ1) is 9.30. The molecule has 0 spiro atoms. The quantitative estimate of drug-likeness (QED) is 0.425. The van der Waals surface area contributed by atoms with Crippen molar-refractivity contribution in [3.63, 3.8) is 0 Å². The fourth-order valence-corrected chi connectivity index (χ4v) is 4.40. The van der Waals surface area contributed by atoms with Gasteiger partial charge in [0.05, 0.1) is 0 Å². The Labute approximate surface area is 122 Å². The molecule has 0 saturated carbocycles. The van der Waals surface area contributed by atoms with Gasteiger partial charge in [0, 0.05) is 14.2 Å². The van der Waals surface area contributed by atoms with E-state index < -0.39 is 15.9 Å². The van der Waals surface area contributed by atoms with Crippen molar-refractivity contribution in [2.75, 3.05) is 14.2 Å². The van der Waals surface area contributed by atoms with Crippen LogP contribution < -0.4 is 0 Å². The van der Waals surface area contributed by atoms with Gasteiger partial charge >= 0.3 is 7.60 Å². The van der Waals surface area contributed by atoms with Crippen LogP contribution in [0, 0.1) is 0 Å². The summed E-state index contributed by atoms with van der Waals surface area (Å²) in [4.78, 5) is 0. The van der Waals surface area contributed by atoms with E-state index in [1.165, 1.54) is 14.2 Å². The van der Waals surface area contributed by atoms with E-state index in [0.717, 1.165) is 5.56 Å². The molecule has 0 N–H and O–H groups in total. The summed E-state index contributed by atoms with van der Waals surface area (Å²) in [6.45, 7) is 6.08. The highest BCUT2D eigenvalue weighted by Gasteiger charge is 2.33. The number of hydrogen-bond acceptors (Lipinski definition) is 4. The van der Waals surface area contributed by atoms with Gasteiger partial charge in [0.1, 0.15) is 0 Å². The Balaban J connectivity index is 3.01. The van der Waals surface area contributed by atoms with Crippen molar-refractivity contribution in [1.29, 1.82) is 0 Å². The molecule has 0 unspecified atom stereocenters. The van der Waals surface area contributed by atoms with Gasteiger partial charge in [-0.25, -0.2) is 0 Å². The molecule has 0 heterocycles. The highest BCUT2D eigenvalue weighted by molar-refractivity contribution is 7.58. The minimum atomic E-state index is -3.35. The zero-order valence-electron chi connectivity index (χ0n) is 12.8. The van der Waals surface area contributed by atoms with Crippen LogP contribution in [0.5, 0.6) is 0 Å². The summed E-state index contributed by atoms with van der Waals surface area (Å²) < 4.78 is 28.5. The van der Waals surface area contributed by atoms with E-state index in [9.17, 15) is 4.57 Å². The zero-order valence-corrected chi connectivity index (χ0v) is 14.6. The lowest BCUT2D eigenvalue weighted by molar-refractivity contribution is 0.263. The first-order valence-electron chi connectivity index (χ1n) is 6.46. The van der Waals surface area contributed by atoms with Gasteiger partial charge in [0.15, 0.2) is 5.50 Å². The lowest BCUT2D eigenvalue weighted by Crippen LogP contribution is -2.25. The van der Waals surface area contributed by atoms with Gasteiger partial charge in [-0.3, -0.25) is 4.57 Å². The molecule has 0 atom stereocenters. The molecular weight excluding hydrogens is 291 g/mol. The molecule has 1 aromatic carbocycles. The van der Waals surface area contributed by atoms with Gasteiger partial charge < -0.3 is 13.5 Å². The Hall–Kier alpha value is -0.873. The molecule has 0 amide bonds. The minimum Gasteiger partial charge on any atom is -0.539 e. The fraction of sp³-hybridized carbons (Fsp3) is 0.429.